The first kappa shape index (κ1) is 23.6. The fourth-order valence-corrected chi connectivity index (χ4v) is 4.36. The number of carbonyl (C=O) groups excluding carboxylic acids is 1. The molecular weight excluding hydrogens is 426 g/mol. The molecule has 6 heteroatoms. The summed E-state index contributed by atoms with van der Waals surface area (Å²) in [6.07, 6.45) is 0.972. The average molecular weight is 460 g/mol. The minimum atomic E-state index is -0.0225. The van der Waals surface area contributed by atoms with Gasteiger partial charge in [0, 0.05) is 51.0 Å². The zero-order chi connectivity index (χ0) is 23.8. The molecule has 0 aromatic heterocycles. The Morgan fingerprint density at radius 1 is 0.853 bits per heavy atom. The van der Waals surface area contributed by atoms with E-state index in [9.17, 15) is 4.79 Å². The molecule has 0 saturated carbocycles. The van der Waals surface area contributed by atoms with Crippen LogP contribution in [0.3, 0.4) is 0 Å². The summed E-state index contributed by atoms with van der Waals surface area (Å²) in [5.74, 6) is 1.73. The van der Waals surface area contributed by atoms with E-state index in [2.05, 4.69) is 21.9 Å². The van der Waals surface area contributed by atoms with Gasteiger partial charge in [-0.05, 0) is 55.0 Å². The van der Waals surface area contributed by atoms with E-state index in [4.69, 9.17) is 9.47 Å². The molecular formula is C28H33N3O3. The van der Waals surface area contributed by atoms with Gasteiger partial charge in [0.05, 0.1) is 19.4 Å². The van der Waals surface area contributed by atoms with Crippen LogP contribution in [0.5, 0.6) is 11.5 Å². The molecule has 0 radical (unpaired) electrons. The number of carbonyl (C=O) groups is 1. The number of hydrogen-bond acceptors (Lipinski definition) is 5. The van der Waals surface area contributed by atoms with Gasteiger partial charge in [0.25, 0.3) is 0 Å². The van der Waals surface area contributed by atoms with Crippen molar-refractivity contribution in [2.75, 3.05) is 56.2 Å². The van der Waals surface area contributed by atoms with Crippen LogP contribution in [-0.2, 0) is 4.79 Å². The molecule has 1 aliphatic rings. The monoisotopic (exact) mass is 459 g/mol. The summed E-state index contributed by atoms with van der Waals surface area (Å²) in [5, 5.41) is 0. The Labute approximate surface area is 202 Å². The average Bonchev–Trinajstić information content (AvgIpc) is 2.88. The third-order valence-electron chi connectivity index (χ3n) is 6.11. The maximum absolute atomic E-state index is 12.2. The lowest BCUT2D eigenvalue weighted by Crippen LogP contribution is -2.46. The van der Waals surface area contributed by atoms with E-state index in [0.717, 1.165) is 62.0 Å². The molecule has 0 bridgehead atoms. The molecule has 1 amide bonds. The quantitative estimate of drug-likeness (QED) is 0.423. The fourth-order valence-electron chi connectivity index (χ4n) is 4.36. The largest absolute Gasteiger partial charge is 0.495 e. The van der Waals surface area contributed by atoms with Gasteiger partial charge in [-0.3, -0.25) is 14.6 Å². The van der Waals surface area contributed by atoms with E-state index in [1.807, 2.05) is 66.7 Å². The summed E-state index contributed by atoms with van der Waals surface area (Å²) in [4.78, 5) is 18.8. The van der Waals surface area contributed by atoms with Crippen LogP contribution in [-0.4, -0.2) is 57.2 Å². The van der Waals surface area contributed by atoms with Gasteiger partial charge in [-0.1, -0.05) is 30.3 Å². The SMILES string of the molecule is COc1ccccc1N1CCN(CCCOc2ccc(N(C(C)=O)c3ccccc3)cc2)CC1. The Balaban J connectivity index is 1.21. The van der Waals surface area contributed by atoms with Crippen LogP contribution in [0.4, 0.5) is 17.1 Å². The molecule has 6 nitrogen and oxygen atoms in total. The Hall–Kier alpha value is -3.51. The number of methoxy groups -OCH3 is 1. The van der Waals surface area contributed by atoms with Gasteiger partial charge in [0.1, 0.15) is 11.5 Å². The van der Waals surface area contributed by atoms with Crippen molar-refractivity contribution < 1.29 is 14.3 Å². The van der Waals surface area contributed by atoms with Crippen molar-refractivity contribution in [3.05, 3.63) is 78.9 Å². The summed E-state index contributed by atoms with van der Waals surface area (Å²) in [7, 11) is 1.73. The topological polar surface area (TPSA) is 45.2 Å². The van der Waals surface area contributed by atoms with E-state index in [1.54, 1.807) is 18.9 Å². The predicted octanol–water partition coefficient (Wildman–Crippen LogP) is 4.97. The van der Waals surface area contributed by atoms with Crippen molar-refractivity contribution >= 4 is 23.0 Å². The molecule has 1 aliphatic heterocycles. The molecule has 1 fully saturated rings. The van der Waals surface area contributed by atoms with Crippen molar-refractivity contribution in [2.24, 2.45) is 0 Å². The van der Waals surface area contributed by atoms with Gasteiger partial charge < -0.3 is 14.4 Å². The van der Waals surface area contributed by atoms with E-state index in [-0.39, 0.29) is 5.91 Å². The molecule has 34 heavy (non-hydrogen) atoms. The highest BCUT2D eigenvalue weighted by atomic mass is 16.5. The molecule has 3 aromatic carbocycles. The summed E-state index contributed by atoms with van der Waals surface area (Å²) in [6, 6.07) is 25.6. The standard InChI is InChI=1S/C28H33N3O3/c1-23(32)31(24-9-4-3-5-10-24)25-13-15-26(16-14-25)34-22-8-17-29-18-20-30(21-19-29)27-11-6-7-12-28(27)33-2/h3-7,9-16H,8,17-22H2,1-2H3. The second-order valence-electron chi connectivity index (χ2n) is 8.39. The highest BCUT2D eigenvalue weighted by Crippen LogP contribution is 2.29. The number of anilines is 3. The lowest BCUT2D eigenvalue weighted by Gasteiger charge is -2.36. The van der Waals surface area contributed by atoms with Crippen LogP contribution in [0.15, 0.2) is 78.9 Å². The van der Waals surface area contributed by atoms with Crippen LogP contribution in [0.2, 0.25) is 0 Å². The lowest BCUT2D eigenvalue weighted by molar-refractivity contribution is -0.115. The summed E-state index contributed by atoms with van der Waals surface area (Å²) < 4.78 is 11.5. The normalized spacial score (nSPS) is 14.0. The molecule has 1 heterocycles. The zero-order valence-electron chi connectivity index (χ0n) is 20.0. The molecule has 3 aromatic rings. The molecule has 0 atom stereocenters. The number of rotatable bonds is 9. The van der Waals surface area contributed by atoms with Gasteiger partial charge in [-0.2, -0.15) is 0 Å². The second kappa shape index (κ2) is 11.6. The molecule has 4 rings (SSSR count). The molecule has 1 saturated heterocycles. The van der Waals surface area contributed by atoms with Gasteiger partial charge in [-0.15, -0.1) is 0 Å². The summed E-state index contributed by atoms with van der Waals surface area (Å²) in [5.41, 5.74) is 2.86. The Kier molecular flexibility index (Phi) is 8.04. The molecule has 0 aliphatic carbocycles. The summed E-state index contributed by atoms with van der Waals surface area (Å²) >= 11 is 0. The maximum Gasteiger partial charge on any atom is 0.228 e. The van der Waals surface area contributed by atoms with E-state index in [1.165, 1.54) is 5.69 Å². The third kappa shape index (κ3) is 5.88. The summed E-state index contributed by atoms with van der Waals surface area (Å²) in [6.45, 7) is 7.33. The number of amides is 1. The van der Waals surface area contributed by atoms with Crippen molar-refractivity contribution in [2.45, 2.75) is 13.3 Å². The van der Waals surface area contributed by atoms with Gasteiger partial charge in [0.15, 0.2) is 0 Å². The van der Waals surface area contributed by atoms with Crippen LogP contribution in [0.1, 0.15) is 13.3 Å². The van der Waals surface area contributed by atoms with Crippen molar-refractivity contribution in [1.29, 1.82) is 0 Å². The smallest absolute Gasteiger partial charge is 0.228 e. The minimum absolute atomic E-state index is 0.0225. The first-order chi connectivity index (χ1) is 16.7. The van der Waals surface area contributed by atoms with Crippen LogP contribution in [0, 0.1) is 0 Å². The zero-order valence-corrected chi connectivity index (χ0v) is 20.0. The van der Waals surface area contributed by atoms with Gasteiger partial charge in [-0.25, -0.2) is 0 Å². The Bertz CT molecular complexity index is 1050. The van der Waals surface area contributed by atoms with Gasteiger partial charge in [0.2, 0.25) is 5.91 Å². The molecule has 0 N–H and O–H groups in total. The number of para-hydroxylation sites is 3. The Morgan fingerprint density at radius 2 is 1.50 bits per heavy atom. The number of ether oxygens (including phenoxy) is 2. The lowest BCUT2D eigenvalue weighted by atomic mass is 10.2. The first-order valence-corrected chi connectivity index (χ1v) is 11.8. The highest BCUT2D eigenvalue weighted by Gasteiger charge is 2.19. The fraction of sp³-hybridized carbons (Fsp3) is 0.321. The minimum Gasteiger partial charge on any atom is -0.495 e. The molecule has 0 spiro atoms. The molecule has 178 valence electrons. The third-order valence-corrected chi connectivity index (χ3v) is 6.11. The van der Waals surface area contributed by atoms with E-state index in [0.29, 0.717) is 6.61 Å². The van der Waals surface area contributed by atoms with Crippen LogP contribution >= 0.6 is 0 Å². The number of piperazine rings is 1. The van der Waals surface area contributed by atoms with E-state index >= 15 is 0 Å². The number of benzene rings is 3. The second-order valence-corrected chi connectivity index (χ2v) is 8.39. The van der Waals surface area contributed by atoms with Crippen LogP contribution < -0.4 is 19.3 Å². The highest BCUT2D eigenvalue weighted by molar-refractivity contribution is 5.99. The number of hydrogen-bond donors (Lipinski definition) is 0. The predicted molar refractivity (Wildman–Crippen MR) is 137 cm³/mol. The van der Waals surface area contributed by atoms with E-state index < -0.39 is 0 Å². The van der Waals surface area contributed by atoms with Crippen molar-refractivity contribution in [1.82, 2.24) is 4.90 Å². The van der Waals surface area contributed by atoms with Crippen molar-refractivity contribution in [3.8, 4) is 11.5 Å². The molecule has 0 unspecified atom stereocenters. The number of nitrogens with zero attached hydrogens (tertiary/aromatic N) is 3. The van der Waals surface area contributed by atoms with Crippen LogP contribution in [0.25, 0.3) is 0 Å². The maximum atomic E-state index is 12.2. The Morgan fingerprint density at radius 3 is 2.18 bits per heavy atom. The van der Waals surface area contributed by atoms with Gasteiger partial charge >= 0.3 is 0 Å². The first-order valence-electron chi connectivity index (χ1n) is 11.8. The van der Waals surface area contributed by atoms with Crippen molar-refractivity contribution in [3.63, 3.8) is 0 Å².